The van der Waals surface area contributed by atoms with Crippen LogP contribution in [0.5, 0.6) is 0 Å². The van der Waals surface area contributed by atoms with Gasteiger partial charge in [0.25, 0.3) is 0 Å². The van der Waals surface area contributed by atoms with Gasteiger partial charge in [-0.15, -0.1) is 0 Å². The standard InChI is InChI=1S/C16H22Cl2N2O/c1-2-3-4-5-6-7-8-16(21)20-19-12-13-9-10-14(17)11-15(13)18/h9-12H,2-8H2,1H3,(H,20,21). The van der Waals surface area contributed by atoms with Crippen LogP contribution in [0.25, 0.3) is 0 Å². The zero-order valence-electron chi connectivity index (χ0n) is 12.4. The number of carbonyl (C=O) groups is 1. The van der Waals surface area contributed by atoms with E-state index in [2.05, 4.69) is 17.5 Å². The molecule has 0 aliphatic carbocycles. The van der Waals surface area contributed by atoms with Gasteiger partial charge in [0, 0.05) is 17.0 Å². The lowest BCUT2D eigenvalue weighted by molar-refractivity contribution is -0.121. The molecule has 5 heteroatoms. The number of rotatable bonds is 9. The van der Waals surface area contributed by atoms with Crippen molar-refractivity contribution < 1.29 is 4.79 Å². The molecule has 0 atom stereocenters. The summed E-state index contributed by atoms with van der Waals surface area (Å²) in [5.41, 5.74) is 3.24. The van der Waals surface area contributed by atoms with Crippen molar-refractivity contribution >= 4 is 35.3 Å². The quantitative estimate of drug-likeness (QED) is 0.378. The van der Waals surface area contributed by atoms with Crippen molar-refractivity contribution in [3.63, 3.8) is 0 Å². The van der Waals surface area contributed by atoms with Crippen LogP contribution in [0, 0.1) is 0 Å². The first-order valence-electron chi connectivity index (χ1n) is 7.40. The average molecular weight is 329 g/mol. The Balaban J connectivity index is 2.21. The first-order chi connectivity index (χ1) is 10.1. The summed E-state index contributed by atoms with van der Waals surface area (Å²) in [6, 6.07) is 5.13. The Bertz CT molecular complexity index is 475. The second-order valence-electron chi connectivity index (χ2n) is 4.98. The number of benzene rings is 1. The van der Waals surface area contributed by atoms with Crippen LogP contribution in [-0.4, -0.2) is 12.1 Å². The molecule has 0 saturated carbocycles. The van der Waals surface area contributed by atoms with Crippen molar-refractivity contribution in [3.05, 3.63) is 33.8 Å². The first kappa shape index (κ1) is 18.0. The molecule has 1 N–H and O–H groups in total. The Morgan fingerprint density at radius 2 is 1.90 bits per heavy atom. The van der Waals surface area contributed by atoms with Crippen molar-refractivity contribution in [1.29, 1.82) is 0 Å². The van der Waals surface area contributed by atoms with Gasteiger partial charge in [-0.1, -0.05) is 68.3 Å². The molecule has 0 bridgehead atoms. The monoisotopic (exact) mass is 328 g/mol. The summed E-state index contributed by atoms with van der Waals surface area (Å²) >= 11 is 11.8. The minimum absolute atomic E-state index is 0.0631. The van der Waals surface area contributed by atoms with Gasteiger partial charge in [-0.05, 0) is 18.6 Å². The number of amides is 1. The number of hydrogen-bond acceptors (Lipinski definition) is 2. The Morgan fingerprint density at radius 1 is 1.19 bits per heavy atom. The normalized spacial score (nSPS) is 11.0. The molecule has 0 saturated heterocycles. The molecule has 1 aromatic carbocycles. The summed E-state index contributed by atoms with van der Waals surface area (Å²) in [6.45, 7) is 2.19. The highest BCUT2D eigenvalue weighted by Crippen LogP contribution is 2.19. The second kappa shape index (κ2) is 10.6. The highest BCUT2D eigenvalue weighted by Gasteiger charge is 2.00. The smallest absolute Gasteiger partial charge is 0.240 e. The molecule has 3 nitrogen and oxygen atoms in total. The SMILES string of the molecule is CCCCCCCCC(=O)NN=Cc1ccc(Cl)cc1Cl. The number of hydrazone groups is 1. The molecule has 1 amide bonds. The van der Waals surface area contributed by atoms with Crippen LogP contribution in [0.15, 0.2) is 23.3 Å². The van der Waals surface area contributed by atoms with Gasteiger partial charge in [0.05, 0.1) is 11.2 Å². The third kappa shape index (κ3) is 8.08. The maximum absolute atomic E-state index is 11.6. The van der Waals surface area contributed by atoms with E-state index in [0.29, 0.717) is 16.5 Å². The predicted octanol–water partition coefficient (Wildman–Crippen LogP) is 5.19. The number of carbonyl (C=O) groups excluding carboxylic acids is 1. The minimum atomic E-state index is -0.0631. The summed E-state index contributed by atoms with van der Waals surface area (Å²) in [4.78, 5) is 11.6. The Morgan fingerprint density at radius 3 is 2.62 bits per heavy atom. The molecule has 0 aliphatic rings. The number of unbranched alkanes of at least 4 members (excludes halogenated alkanes) is 5. The molecule has 21 heavy (non-hydrogen) atoms. The molecule has 0 radical (unpaired) electrons. The Kier molecular flexibility index (Phi) is 9.11. The molecule has 0 fully saturated rings. The van der Waals surface area contributed by atoms with Crippen molar-refractivity contribution in [3.8, 4) is 0 Å². The van der Waals surface area contributed by atoms with E-state index in [1.807, 2.05) is 0 Å². The van der Waals surface area contributed by atoms with Crippen LogP contribution >= 0.6 is 23.2 Å². The summed E-state index contributed by atoms with van der Waals surface area (Å²) in [6.07, 6.45) is 9.01. The number of nitrogens with one attached hydrogen (secondary N) is 1. The van der Waals surface area contributed by atoms with Crippen molar-refractivity contribution in [2.75, 3.05) is 0 Å². The Hall–Kier alpha value is -1.06. The fraction of sp³-hybridized carbons (Fsp3) is 0.500. The van der Waals surface area contributed by atoms with Gasteiger partial charge < -0.3 is 0 Å². The van der Waals surface area contributed by atoms with Crippen LogP contribution in [0.2, 0.25) is 10.0 Å². The number of hydrogen-bond donors (Lipinski definition) is 1. The molecule has 1 aromatic rings. The van der Waals surface area contributed by atoms with Crippen LogP contribution in [-0.2, 0) is 4.79 Å². The summed E-state index contributed by atoms with van der Waals surface area (Å²) in [7, 11) is 0. The number of nitrogens with zero attached hydrogens (tertiary/aromatic N) is 1. The van der Waals surface area contributed by atoms with Gasteiger partial charge in [-0.25, -0.2) is 5.43 Å². The fourth-order valence-corrected chi connectivity index (χ4v) is 2.36. The lowest BCUT2D eigenvalue weighted by Crippen LogP contribution is -2.16. The largest absolute Gasteiger partial charge is 0.273 e. The summed E-state index contributed by atoms with van der Waals surface area (Å²) in [5, 5.41) is 4.99. The van der Waals surface area contributed by atoms with Gasteiger partial charge in [-0.3, -0.25) is 4.79 Å². The molecule has 116 valence electrons. The van der Waals surface area contributed by atoms with Gasteiger partial charge in [0.1, 0.15) is 0 Å². The van der Waals surface area contributed by atoms with E-state index < -0.39 is 0 Å². The molecule has 1 rings (SSSR count). The molecular formula is C16H22Cl2N2O. The molecule has 0 aliphatic heterocycles. The fourth-order valence-electron chi connectivity index (χ4n) is 1.90. The van der Waals surface area contributed by atoms with E-state index in [1.165, 1.54) is 31.9 Å². The van der Waals surface area contributed by atoms with E-state index in [1.54, 1.807) is 18.2 Å². The number of halogens is 2. The van der Waals surface area contributed by atoms with Gasteiger partial charge >= 0.3 is 0 Å². The first-order valence-corrected chi connectivity index (χ1v) is 8.16. The van der Waals surface area contributed by atoms with Crippen LogP contribution in [0.3, 0.4) is 0 Å². The minimum Gasteiger partial charge on any atom is -0.273 e. The topological polar surface area (TPSA) is 41.5 Å². The highest BCUT2D eigenvalue weighted by molar-refractivity contribution is 6.36. The maximum Gasteiger partial charge on any atom is 0.240 e. The predicted molar refractivity (Wildman–Crippen MR) is 90.2 cm³/mol. The van der Waals surface area contributed by atoms with E-state index in [9.17, 15) is 4.79 Å². The average Bonchev–Trinajstić information content (AvgIpc) is 2.45. The van der Waals surface area contributed by atoms with E-state index in [0.717, 1.165) is 18.4 Å². The molecule has 0 spiro atoms. The molecule has 0 aromatic heterocycles. The van der Waals surface area contributed by atoms with Gasteiger partial charge in [0.2, 0.25) is 5.91 Å². The second-order valence-corrected chi connectivity index (χ2v) is 5.82. The third-order valence-corrected chi connectivity index (χ3v) is 3.68. The van der Waals surface area contributed by atoms with Crippen LogP contribution in [0.4, 0.5) is 0 Å². The maximum atomic E-state index is 11.6. The van der Waals surface area contributed by atoms with E-state index >= 15 is 0 Å². The van der Waals surface area contributed by atoms with E-state index in [4.69, 9.17) is 23.2 Å². The lowest BCUT2D eigenvalue weighted by atomic mass is 10.1. The Labute approximate surface area is 136 Å². The highest BCUT2D eigenvalue weighted by atomic mass is 35.5. The molecular weight excluding hydrogens is 307 g/mol. The van der Waals surface area contributed by atoms with Gasteiger partial charge in [-0.2, -0.15) is 5.10 Å². The van der Waals surface area contributed by atoms with Gasteiger partial charge in [0.15, 0.2) is 0 Å². The summed E-state index contributed by atoms with van der Waals surface area (Å²) < 4.78 is 0. The summed E-state index contributed by atoms with van der Waals surface area (Å²) in [5.74, 6) is -0.0631. The van der Waals surface area contributed by atoms with Crippen molar-refractivity contribution in [2.24, 2.45) is 5.10 Å². The molecule has 0 heterocycles. The third-order valence-electron chi connectivity index (χ3n) is 3.11. The van der Waals surface area contributed by atoms with Crippen LogP contribution in [0.1, 0.15) is 57.4 Å². The van der Waals surface area contributed by atoms with Crippen molar-refractivity contribution in [1.82, 2.24) is 5.43 Å². The lowest BCUT2D eigenvalue weighted by Gasteiger charge is -2.01. The molecule has 0 unspecified atom stereocenters. The zero-order valence-corrected chi connectivity index (χ0v) is 13.9. The van der Waals surface area contributed by atoms with Crippen LogP contribution < -0.4 is 5.43 Å². The zero-order chi connectivity index (χ0) is 15.5. The van der Waals surface area contributed by atoms with E-state index in [-0.39, 0.29) is 5.91 Å². The van der Waals surface area contributed by atoms with Crippen molar-refractivity contribution in [2.45, 2.75) is 51.9 Å².